The number of hydrogen-bond donors (Lipinski definition) is 2. The number of unbranched alkanes of at least 4 members (excludes halogenated alkanes) is 2. The zero-order valence-electron chi connectivity index (χ0n) is 11.8. The van der Waals surface area contributed by atoms with E-state index in [2.05, 4.69) is 12.2 Å². The number of nitrogens with one attached hydrogen (secondary N) is 1. The van der Waals surface area contributed by atoms with Crippen LogP contribution >= 0.6 is 0 Å². The summed E-state index contributed by atoms with van der Waals surface area (Å²) in [6, 6.07) is -0.319. The summed E-state index contributed by atoms with van der Waals surface area (Å²) >= 11 is 0. The third-order valence-electron chi connectivity index (χ3n) is 3.55. The third-order valence-corrected chi connectivity index (χ3v) is 3.55. The van der Waals surface area contributed by atoms with Crippen LogP contribution in [0.3, 0.4) is 0 Å². The van der Waals surface area contributed by atoms with Gasteiger partial charge in [-0.25, -0.2) is 9.59 Å². The molecule has 0 bridgehead atoms. The van der Waals surface area contributed by atoms with Crippen molar-refractivity contribution in [3.8, 4) is 0 Å². The van der Waals surface area contributed by atoms with E-state index in [4.69, 9.17) is 4.74 Å². The lowest BCUT2D eigenvalue weighted by Crippen LogP contribution is -2.59. The average Bonchev–Trinajstić information content (AvgIpc) is 2.39. The van der Waals surface area contributed by atoms with E-state index in [-0.39, 0.29) is 6.03 Å². The van der Waals surface area contributed by atoms with Gasteiger partial charge in [-0.3, -0.25) is 0 Å². The molecule has 2 amide bonds. The molecule has 0 aliphatic carbocycles. The van der Waals surface area contributed by atoms with Gasteiger partial charge in [0, 0.05) is 39.6 Å². The van der Waals surface area contributed by atoms with E-state index in [1.54, 1.807) is 11.9 Å². The van der Waals surface area contributed by atoms with Gasteiger partial charge in [-0.1, -0.05) is 19.8 Å². The number of urea groups is 1. The monoisotopic (exact) mass is 272 g/mol. The van der Waals surface area contributed by atoms with Crippen LogP contribution in [-0.4, -0.2) is 54.4 Å². The summed E-state index contributed by atoms with van der Waals surface area (Å²) < 4.78 is 5.17. The maximum absolute atomic E-state index is 12.0. The van der Waals surface area contributed by atoms with Crippen LogP contribution in [0.5, 0.6) is 0 Å². The molecule has 1 rings (SSSR count). The first-order valence-corrected chi connectivity index (χ1v) is 6.86. The highest BCUT2D eigenvalue weighted by molar-refractivity contribution is 5.86. The van der Waals surface area contributed by atoms with Crippen LogP contribution < -0.4 is 5.32 Å². The molecular formula is C13H24N2O4. The van der Waals surface area contributed by atoms with E-state index in [1.165, 1.54) is 0 Å². The summed E-state index contributed by atoms with van der Waals surface area (Å²) in [7, 11) is 1.69. The molecule has 0 aromatic heterocycles. The molecule has 0 atom stereocenters. The Balaban J connectivity index is 2.54. The molecule has 6 nitrogen and oxygen atoms in total. The molecule has 0 unspecified atom stereocenters. The van der Waals surface area contributed by atoms with Gasteiger partial charge in [0.25, 0.3) is 0 Å². The number of rotatable bonds is 6. The Hall–Kier alpha value is -1.30. The highest BCUT2D eigenvalue weighted by Crippen LogP contribution is 2.21. The van der Waals surface area contributed by atoms with Gasteiger partial charge in [-0.15, -0.1) is 0 Å². The standard InChI is InChI=1S/C13H24N2O4/c1-3-4-5-8-15(2)12(18)14-13(11(16)17)6-9-19-10-7-13/h3-10H2,1-2H3,(H,14,18)(H,16,17). The van der Waals surface area contributed by atoms with Crippen LogP contribution in [0.4, 0.5) is 4.79 Å². The quantitative estimate of drug-likeness (QED) is 0.717. The van der Waals surface area contributed by atoms with E-state index >= 15 is 0 Å². The number of carboxylic acids is 1. The van der Waals surface area contributed by atoms with Crippen LogP contribution in [0.1, 0.15) is 39.0 Å². The molecule has 0 radical (unpaired) electrons. The fraction of sp³-hybridized carbons (Fsp3) is 0.846. The lowest BCUT2D eigenvalue weighted by molar-refractivity contribution is -0.148. The minimum atomic E-state index is -1.17. The predicted octanol–water partition coefficient (Wildman–Crippen LogP) is 1.45. The van der Waals surface area contributed by atoms with Crippen molar-refractivity contribution in [2.45, 2.75) is 44.6 Å². The highest BCUT2D eigenvalue weighted by atomic mass is 16.5. The summed E-state index contributed by atoms with van der Waals surface area (Å²) in [6.07, 6.45) is 3.72. The van der Waals surface area contributed by atoms with Crippen molar-refractivity contribution >= 4 is 12.0 Å². The predicted molar refractivity (Wildman–Crippen MR) is 71.1 cm³/mol. The smallest absolute Gasteiger partial charge is 0.329 e. The second-order valence-corrected chi connectivity index (χ2v) is 5.06. The molecule has 110 valence electrons. The molecule has 1 aliphatic heterocycles. The summed E-state index contributed by atoms with van der Waals surface area (Å²) in [4.78, 5) is 25.0. The van der Waals surface area contributed by atoms with Crippen LogP contribution in [0.2, 0.25) is 0 Å². The van der Waals surface area contributed by atoms with E-state index in [1.807, 2.05) is 0 Å². The van der Waals surface area contributed by atoms with Gasteiger partial charge in [0.2, 0.25) is 0 Å². The minimum Gasteiger partial charge on any atom is -0.480 e. The van der Waals surface area contributed by atoms with Gasteiger partial charge in [-0.2, -0.15) is 0 Å². The maximum atomic E-state index is 12.0. The first-order chi connectivity index (χ1) is 9.02. The van der Waals surface area contributed by atoms with Gasteiger partial charge < -0.3 is 20.1 Å². The summed E-state index contributed by atoms with van der Waals surface area (Å²) in [5.74, 6) is -0.980. The van der Waals surface area contributed by atoms with Gasteiger partial charge in [0.1, 0.15) is 5.54 Å². The van der Waals surface area contributed by atoms with Crippen molar-refractivity contribution in [2.75, 3.05) is 26.8 Å². The van der Waals surface area contributed by atoms with Crippen LogP contribution in [0.15, 0.2) is 0 Å². The van der Waals surface area contributed by atoms with E-state index in [0.29, 0.717) is 32.6 Å². The van der Waals surface area contributed by atoms with Crippen LogP contribution in [-0.2, 0) is 9.53 Å². The van der Waals surface area contributed by atoms with Crippen molar-refractivity contribution in [3.05, 3.63) is 0 Å². The Morgan fingerprint density at radius 2 is 1.95 bits per heavy atom. The molecular weight excluding hydrogens is 248 g/mol. The molecule has 0 spiro atoms. The Labute approximate surface area is 114 Å². The Morgan fingerprint density at radius 1 is 1.32 bits per heavy atom. The molecule has 0 aromatic carbocycles. The minimum absolute atomic E-state index is 0.316. The third kappa shape index (κ3) is 4.38. The molecule has 1 saturated heterocycles. The SMILES string of the molecule is CCCCCN(C)C(=O)NC1(C(=O)O)CCOCC1. The molecule has 1 heterocycles. The first-order valence-electron chi connectivity index (χ1n) is 6.86. The molecule has 2 N–H and O–H groups in total. The van der Waals surface area contributed by atoms with Gasteiger partial charge in [0.05, 0.1) is 0 Å². The molecule has 1 aliphatic rings. The molecule has 0 aromatic rings. The lowest BCUT2D eigenvalue weighted by Gasteiger charge is -2.35. The number of aliphatic carboxylic acids is 1. The van der Waals surface area contributed by atoms with E-state index < -0.39 is 11.5 Å². The normalized spacial score (nSPS) is 17.8. The topological polar surface area (TPSA) is 78.9 Å². The van der Waals surface area contributed by atoms with Crippen molar-refractivity contribution in [2.24, 2.45) is 0 Å². The summed E-state index contributed by atoms with van der Waals surface area (Å²) in [5, 5.41) is 12.0. The maximum Gasteiger partial charge on any atom is 0.329 e. The number of carbonyl (C=O) groups excluding carboxylic acids is 1. The van der Waals surface area contributed by atoms with Crippen LogP contribution in [0.25, 0.3) is 0 Å². The Morgan fingerprint density at radius 3 is 2.47 bits per heavy atom. The highest BCUT2D eigenvalue weighted by Gasteiger charge is 2.42. The zero-order valence-corrected chi connectivity index (χ0v) is 11.8. The fourth-order valence-corrected chi connectivity index (χ4v) is 2.11. The fourth-order valence-electron chi connectivity index (χ4n) is 2.11. The summed E-state index contributed by atoms with van der Waals surface area (Å²) in [5.41, 5.74) is -1.17. The van der Waals surface area contributed by atoms with Gasteiger partial charge in [-0.05, 0) is 6.42 Å². The number of carboxylic acid groups (broad SMARTS) is 1. The van der Waals surface area contributed by atoms with Gasteiger partial charge in [0.15, 0.2) is 0 Å². The first kappa shape index (κ1) is 15.8. The van der Waals surface area contributed by atoms with Crippen molar-refractivity contribution in [1.82, 2.24) is 10.2 Å². The average molecular weight is 272 g/mol. The molecule has 19 heavy (non-hydrogen) atoms. The molecule has 6 heteroatoms. The number of hydrogen-bond acceptors (Lipinski definition) is 3. The van der Waals surface area contributed by atoms with E-state index in [0.717, 1.165) is 19.3 Å². The number of amides is 2. The van der Waals surface area contributed by atoms with Crippen molar-refractivity contribution < 1.29 is 19.4 Å². The van der Waals surface area contributed by atoms with Crippen molar-refractivity contribution in [3.63, 3.8) is 0 Å². The Bertz CT molecular complexity index is 314. The number of carbonyl (C=O) groups is 2. The second kappa shape index (κ2) is 7.33. The summed E-state index contributed by atoms with van der Waals surface area (Å²) in [6.45, 7) is 3.48. The van der Waals surface area contributed by atoms with Gasteiger partial charge >= 0.3 is 12.0 Å². The molecule has 1 fully saturated rings. The largest absolute Gasteiger partial charge is 0.480 e. The zero-order chi connectivity index (χ0) is 14.3. The van der Waals surface area contributed by atoms with Crippen LogP contribution in [0, 0.1) is 0 Å². The van der Waals surface area contributed by atoms with E-state index in [9.17, 15) is 14.7 Å². The lowest BCUT2D eigenvalue weighted by atomic mass is 9.90. The second-order valence-electron chi connectivity index (χ2n) is 5.06. The number of ether oxygens (including phenoxy) is 1. The van der Waals surface area contributed by atoms with Crippen molar-refractivity contribution in [1.29, 1.82) is 0 Å². The number of nitrogens with zero attached hydrogens (tertiary/aromatic N) is 1. The molecule has 0 saturated carbocycles. The Kier molecular flexibility index (Phi) is 6.08.